The molecule has 2 fully saturated rings. The van der Waals surface area contributed by atoms with E-state index in [1.54, 1.807) is 29.2 Å². The van der Waals surface area contributed by atoms with Gasteiger partial charge in [0.25, 0.3) is 0 Å². The predicted molar refractivity (Wildman–Crippen MR) is 150 cm³/mol. The van der Waals surface area contributed by atoms with Crippen LogP contribution in [-0.2, 0) is 25.5 Å². The van der Waals surface area contributed by atoms with Crippen LogP contribution in [-0.4, -0.2) is 78.4 Å². The topological polar surface area (TPSA) is 102 Å². The number of rotatable bonds is 11. The zero-order valence-electron chi connectivity index (χ0n) is 22.4. The maximum atomic E-state index is 13.9. The summed E-state index contributed by atoms with van der Waals surface area (Å²) in [5.74, 6) is -0.768. The third kappa shape index (κ3) is 7.51. The number of methoxy groups -OCH3 is 1. The number of nitrogens with zero attached hydrogens (tertiary/aromatic N) is 2. The Kier molecular flexibility index (Phi) is 10.4. The first-order chi connectivity index (χ1) is 19.2. The molecule has 2 aromatic carbocycles. The quantitative estimate of drug-likeness (QED) is 0.392. The minimum Gasteiger partial charge on any atom is -0.492 e. The standard InChI is InChI=1S/C29H34Cl2FN3O5/c1-39-28(37)10-8-25(27(36)9-6-18-5-7-23(30)24(31)13-18)34-12-11-21(17-40-22-4-2-3-19(32)14-22)35-16-20(33)15-26(35)29(34)38/h2-5,7,13-14,20-21,25-26H,6,8-12,15-17,33H2,1H3/t20-,21?,25-,26+/m1/s1. The van der Waals surface area contributed by atoms with Gasteiger partial charge < -0.3 is 20.1 Å². The van der Waals surface area contributed by atoms with Gasteiger partial charge in [-0.25, -0.2) is 4.39 Å². The van der Waals surface area contributed by atoms with Crippen LogP contribution in [0.5, 0.6) is 5.75 Å². The summed E-state index contributed by atoms with van der Waals surface area (Å²) in [6, 6.07) is 9.45. The second-order valence-corrected chi connectivity index (χ2v) is 11.1. The molecule has 2 aliphatic heterocycles. The van der Waals surface area contributed by atoms with Crippen molar-refractivity contribution in [2.45, 2.75) is 62.7 Å². The third-order valence-corrected chi connectivity index (χ3v) is 8.33. The van der Waals surface area contributed by atoms with Gasteiger partial charge in [-0.15, -0.1) is 0 Å². The molecule has 2 aliphatic rings. The molecule has 0 aliphatic carbocycles. The largest absolute Gasteiger partial charge is 0.492 e. The number of ether oxygens (including phenoxy) is 2. The first-order valence-corrected chi connectivity index (χ1v) is 14.2. The molecule has 2 N–H and O–H groups in total. The molecule has 2 saturated heterocycles. The molecule has 1 unspecified atom stereocenters. The molecule has 2 heterocycles. The zero-order valence-corrected chi connectivity index (χ0v) is 23.9. The molecule has 0 spiro atoms. The summed E-state index contributed by atoms with van der Waals surface area (Å²) in [5.41, 5.74) is 7.13. The van der Waals surface area contributed by atoms with Gasteiger partial charge in [-0.3, -0.25) is 19.3 Å². The van der Waals surface area contributed by atoms with E-state index < -0.39 is 23.9 Å². The van der Waals surface area contributed by atoms with E-state index in [9.17, 15) is 18.8 Å². The van der Waals surface area contributed by atoms with Crippen LogP contribution in [0.1, 0.15) is 37.7 Å². The summed E-state index contributed by atoms with van der Waals surface area (Å²) in [5, 5.41) is 0.832. The number of esters is 1. The third-order valence-electron chi connectivity index (χ3n) is 7.59. The monoisotopic (exact) mass is 593 g/mol. The Morgan fingerprint density at radius 1 is 1.15 bits per heavy atom. The van der Waals surface area contributed by atoms with Crippen LogP contribution in [0.25, 0.3) is 0 Å². The highest BCUT2D eigenvalue weighted by molar-refractivity contribution is 6.42. The smallest absolute Gasteiger partial charge is 0.305 e. The summed E-state index contributed by atoms with van der Waals surface area (Å²) in [7, 11) is 1.29. The Bertz CT molecular complexity index is 1230. The average molecular weight is 595 g/mol. The summed E-state index contributed by atoms with van der Waals surface area (Å²) >= 11 is 12.2. The molecule has 0 aromatic heterocycles. The molecule has 0 bridgehead atoms. The summed E-state index contributed by atoms with van der Waals surface area (Å²) in [6.45, 7) is 1.06. The van der Waals surface area contributed by atoms with E-state index >= 15 is 0 Å². The lowest BCUT2D eigenvalue weighted by atomic mass is 9.97. The molecule has 0 saturated carbocycles. The van der Waals surface area contributed by atoms with Crippen LogP contribution >= 0.6 is 23.2 Å². The number of aryl methyl sites for hydroxylation is 1. The van der Waals surface area contributed by atoms with Crippen molar-refractivity contribution in [3.05, 3.63) is 63.9 Å². The van der Waals surface area contributed by atoms with Crippen molar-refractivity contribution in [2.24, 2.45) is 5.73 Å². The average Bonchev–Trinajstić information content (AvgIpc) is 3.28. The van der Waals surface area contributed by atoms with Gasteiger partial charge in [0.15, 0.2) is 5.78 Å². The van der Waals surface area contributed by atoms with Crippen molar-refractivity contribution in [2.75, 3.05) is 26.8 Å². The highest BCUT2D eigenvalue weighted by Crippen LogP contribution is 2.30. The van der Waals surface area contributed by atoms with E-state index in [-0.39, 0.29) is 49.6 Å². The highest BCUT2D eigenvalue weighted by atomic mass is 35.5. The summed E-state index contributed by atoms with van der Waals surface area (Å²) < 4.78 is 24.4. The van der Waals surface area contributed by atoms with Gasteiger partial charge in [0.05, 0.1) is 29.2 Å². The van der Waals surface area contributed by atoms with Gasteiger partial charge in [0.1, 0.15) is 18.2 Å². The van der Waals surface area contributed by atoms with Gasteiger partial charge in [-0.1, -0.05) is 35.3 Å². The lowest BCUT2D eigenvalue weighted by Gasteiger charge is -2.32. The number of benzene rings is 2. The van der Waals surface area contributed by atoms with Crippen LogP contribution in [0.4, 0.5) is 4.39 Å². The Balaban J connectivity index is 1.52. The molecule has 8 nitrogen and oxygen atoms in total. The molecule has 1 amide bonds. The van der Waals surface area contributed by atoms with Gasteiger partial charge >= 0.3 is 5.97 Å². The molecular weight excluding hydrogens is 560 g/mol. The van der Waals surface area contributed by atoms with Crippen molar-refractivity contribution in [1.29, 1.82) is 0 Å². The molecule has 0 radical (unpaired) electrons. The number of halogens is 3. The SMILES string of the molecule is COC(=O)CC[C@H](C(=O)CCc1ccc(Cl)c(Cl)c1)N1CCC(COc2cccc(F)c2)N2C[C@H](N)C[C@H]2C1=O. The van der Waals surface area contributed by atoms with Crippen LogP contribution in [0.3, 0.4) is 0 Å². The van der Waals surface area contributed by atoms with Crippen molar-refractivity contribution in [3.63, 3.8) is 0 Å². The first kappa shape index (κ1) is 30.2. The minimum atomic E-state index is -0.795. The number of amides is 1. The number of fused-ring (bicyclic) bond motifs is 1. The fourth-order valence-corrected chi connectivity index (χ4v) is 5.83. The van der Waals surface area contributed by atoms with Crippen molar-refractivity contribution < 1.29 is 28.2 Å². The van der Waals surface area contributed by atoms with Crippen LogP contribution in [0.15, 0.2) is 42.5 Å². The normalized spacial score (nSPS) is 22.0. The minimum absolute atomic E-state index is 0.00344. The van der Waals surface area contributed by atoms with Gasteiger partial charge in [-0.05, 0) is 55.5 Å². The second kappa shape index (κ2) is 13.8. The fourth-order valence-electron chi connectivity index (χ4n) is 5.51. The van der Waals surface area contributed by atoms with Gasteiger partial charge in [-0.2, -0.15) is 0 Å². The van der Waals surface area contributed by atoms with E-state index in [0.29, 0.717) is 48.1 Å². The highest BCUT2D eigenvalue weighted by Gasteiger charge is 2.45. The van der Waals surface area contributed by atoms with Crippen LogP contribution in [0.2, 0.25) is 10.0 Å². The molecule has 4 rings (SSSR count). The number of ketones is 1. The van der Waals surface area contributed by atoms with Crippen molar-refractivity contribution in [1.82, 2.24) is 9.80 Å². The van der Waals surface area contributed by atoms with E-state index in [2.05, 4.69) is 0 Å². The molecule has 216 valence electrons. The molecule has 4 atom stereocenters. The zero-order chi connectivity index (χ0) is 28.8. The number of hydrogen-bond donors (Lipinski definition) is 1. The Labute approximate surface area is 243 Å². The molecular formula is C29H34Cl2FN3O5. The fraction of sp³-hybridized carbons (Fsp3) is 0.483. The number of carbonyl (C=O) groups excluding carboxylic acids is 3. The Morgan fingerprint density at radius 2 is 1.95 bits per heavy atom. The molecule has 40 heavy (non-hydrogen) atoms. The Hall–Kier alpha value is -2.72. The summed E-state index contributed by atoms with van der Waals surface area (Å²) in [6.07, 6.45) is 1.71. The number of Topliss-reactive ketones (excluding diaryl/α,β-unsaturated/α-hetero) is 1. The van der Waals surface area contributed by atoms with Crippen LogP contribution in [0, 0.1) is 5.82 Å². The van der Waals surface area contributed by atoms with Crippen LogP contribution < -0.4 is 10.5 Å². The number of hydrogen-bond acceptors (Lipinski definition) is 7. The molecule has 11 heteroatoms. The predicted octanol–water partition coefficient (Wildman–Crippen LogP) is 4.04. The first-order valence-electron chi connectivity index (χ1n) is 13.4. The van der Waals surface area contributed by atoms with Gasteiger partial charge in [0, 0.05) is 44.1 Å². The van der Waals surface area contributed by atoms with Crippen molar-refractivity contribution >= 4 is 40.9 Å². The lowest BCUT2D eigenvalue weighted by Crippen LogP contribution is -2.51. The number of carbonyl (C=O) groups is 3. The summed E-state index contributed by atoms with van der Waals surface area (Å²) in [4.78, 5) is 43.2. The van der Waals surface area contributed by atoms with E-state index in [4.69, 9.17) is 38.4 Å². The lowest BCUT2D eigenvalue weighted by molar-refractivity contribution is -0.145. The van der Waals surface area contributed by atoms with Crippen molar-refractivity contribution in [3.8, 4) is 5.75 Å². The maximum Gasteiger partial charge on any atom is 0.305 e. The van der Waals surface area contributed by atoms with Gasteiger partial charge in [0.2, 0.25) is 5.91 Å². The Morgan fingerprint density at radius 3 is 2.67 bits per heavy atom. The van der Waals surface area contributed by atoms with E-state index in [1.807, 2.05) is 11.0 Å². The van der Waals surface area contributed by atoms with E-state index in [0.717, 1.165) is 5.56 Å². The molecule has 2 aromatic rings. The van der Waals surface area contributed by atoms with E-state index in [1.165, 1.54) is 19.2 Å². The number of nitrogens with two attached hydrogens (primary N) is 1. The maximum absolute atomic E-state index is 13.9. The second-order valence-electron chi connectivity index (χ2n) is 10.3.